The molecule has 2 rings (SSSR count). The Morgan fingerprint density at radius 3 is 2.39 bits per heavy atom. The molecule has 1 amide bonds. The summed E-state index contributed by atoms with van der Waals surface area (Å²) >= 11 is 1.48. The van der Waals surface area contributed by atoms with Crippen LogP contribution in [0, 0.1) is 5.41 Å². The number of hydrogen-bond donors (Lipinski definition) is 1. The van der Waals surface area contributed by atoms with Crippen LogP contribution in [-0.2, 0) is 23.9 Å². The van der Waals surface area contributed by atoms with Gasteiger partial charge in [0.25, 0.3) is 0 Å². The summed E-state index contributed by atoms with van der Waals surface area (Å²) in [6.45, 7) is 8.40. The highest BCUT2D eigenvalue weighted by molar-refractivity contribution is 8.01. The van der Waals surface area contributed by atoms with Crippen molar-refractivity contribution < 1.29 is 23.9 Å². The van der Waals surface area contributed by atoms with Crippen molar-refractivity contribution in [2.75, 3.05) is 6.79 Å². The van der Waals surface area contributed by atoms with E-state index in [9.17, 15) is 14.4 Å². The fourth-order valence-corrected chi connectivity index (χ4v) is 4.02. The highest BCUT2D eigenvalue weighted by Crippen LogP contribution is 2.50. The molecule has 0 spiro atoms. The van der Waals surface area contributed by atoms with Crippen molar-refractivity contribution >= 4 is 42.0 Å². The molecule has 0 aromatic heterocycles. The quantitative estimate of drug-likeness (QED) is 0.449. The van der Waals surface area contributed by atoms with Crippen molar-refractivity contribution in [3.05, 3.63) is 0 Å². The summed E-state index contributed by atoms with van der Waals surface area (Å²) in [7, 11) is 0. The number of carbonyl (C=O) groups excluding carboxylic acids is 3. The Morgan fingerprint density at radius 1 is 1.30 bits per heavy atom. The molecule has 7 nitrogen and oxygen atoms in total. The summed E-state index contributed by atoms with van der Waals surface area (Å²) in [5.74, 6) is -1.29. The first-order valence-electron chi connectivity index (χ1n) is 7.06. The molecule has 2 N–H and O–H groups in total. The molecule has 2 aliphatic rings. The van der Waals surface area contributed by atoms with Crippen LogP contribution in [-0.4, -0.2) is 51.7 Å². The molecular weight excluding hydrogens is 344 g/mol. The number of nitrogens with two attached hydrogens (primary N) is 1. The zero-order valence-electron chi connectivity index (χ0n) is 13.8. The lowest BCUT2D eigenvalue weighted by atomic mass is 9.96. The first-order valence-corrected chi connectivity index (χ1v) is 7.94. The fourth-order valence-electron chi connectivity index (χ4n) is 2.46. The van der Waals surface area contributed by atoms with Gasteiger partial charge in [0.05, 0.1) is 5.41 Å². The largest absolute Gasteiger partial charge is 0.427 e. The highest BCUT2D eigenvalue weighted by atomic mass is 35.5. The van der Waals surface area contributed by atoms with Crippen molar-refractivity contribution in [1.82, 2.24) is 4.90 Å². The minimum atomic E-state index is -0.719. The van der Waals surface area contributed by atoms with Gasteiger partial charge in [0.1, 0.15) is 17.5 Å². The standard InChI is InChI=1S/C14H22N2O5S.ClH/c1-13(2,3)12(19)21-6-20-11(18)8-14(4,5)22-10-7(15)9(17)16(8)10;/h7-8,10H,6,15H2,1-5H3;1H/t7?,8-,10+;/m0./s1. The zero-order valence-corrected chi connectivity index (χ0v) is 15.5. The van der Waals surface area contributed by atoms with Gasteiger partial charge >= 0.3 is 11.9 Å². The van der Waals surface area contributed by atoms with Gasteiger partial charge in [0, 0.05) is 4.75 Å². The molecule has 0 bridgehead atoms. The average Bonchev–Trinajstić information content (AvgIpc) is 2.65. The Balaban J connectivity index is 0.00000264. The number of esters is 2. The minimum absolute atomic E-state index is 0. The van der Waals surface area contributed by atoms with Crippen LogP contribution >= 0.6 is 24.2 Å². The Morgan fingerprint density at radius 2 is 1.87 bits per heavy atom. The van der Waals surface area contributed by atoms with E-state index < -0.39 is 41.0 Å². The van der Waals surface area contributed by atoms with Crippen LogP contribution < -0.4 is 5.73 Å². The van der Waals surface area contributed by atoms with Crippen LogP contribution in [0.1, 0.15) is 34.6 Å². The predicted molar refractivity (Wildman–Crippen MR) is 87.8 cm³/mol. The summed E-state index contributed by atoms with van der Waals surface area (Å²) in [5, 5.41) is -0.197. The number of rotatable bonds is 3. The molecule has 9 heteroatoms. The Labute approximate surface area is 146 Å². The second-order valence-corrected chi connectivity index (χ2v) is 8.82. The smallest absolute Gasteiger partial charge is 0.333 e. The van der Waals surface area contributed by atoms with Crippen LogP contribution in [0.5, 0.6) is 0 Å². The van der Waals surface area contributed by atoms with Crippen molar-refractivity contribution in [3.8, 4) is 0 Å². The van der Waals surface area contributed by atoms with Crippen LogP contribution in [0.2, 0.25) is 0 Å². The van der Waals surface area contributed by atoms with Gasteiger partial charge in [0.2, 0.25) is 12.7 Å². The molecular formula is C14H23ClN2O5S. The van der Waals surface area contributed by atoms with Crippen LogP contribution in [0.4, 0.5) is 0 Å². The first-order chi connectivity index (χ1) is 9.97. The molecule has 132 valence electrons. The minimum Gasteiger partial charge on any atom is -0.427 e. The molecule has 2 saturated heterocycles. The number of carbonyl (C=O) groups is 3. The average molecular weight is 367 g/mol. The van der Waals surface area contributed by atoms with Crippen molar-refractivity contribution in [3.63, 3.8) is 0 Å². The third-order valence-corrected chi connectivity index (χ3v) is 5.30. The van der Waals surface area contributed by atoms with Crippen LogP contribution in [0.15, 0.2) is 0 Å². The van der Waals surface area contributed by atoms with Gasteiger partial charge in [-0.15, -0.1) is 24.2 Å². The maximum absolute atomic E-state index is 12.3. The molecule has 0 saturated carbocycles. The number of hydrogen-bond acceptors (Lipinski definition) is 7. The summed E-state index contributed by atoms with van der Waals surface area (Å²) in [5.41, 5.74) is 5.08. The van der Waals surface area contributed by atoms with Gasteiger partial charge in [-0.2, -0.15) is 0 Å². The summed E-state index contributed by atoms with van der Waals surface area (Å²) in [4.78, 5) is 37.2. The number of halogens is 1. The van der Waals surface area contributed by atoms with Crippen LogP contribution in [0.25, 0.3) is 0 Å². The fraction of sp³-hybridized carbons (Fsp3) is 0.786. The van der Waals surface area contributed by atoms with E-state index in [0.717, 1.165) is 0 Å². The van der Waals surface area contributed by atoms with Gasteiger partial charge in [0.15, 0.2) is 0 Å². The van der Waals surface area contributed by atoms with E-state index >= 15 is 0 Å². The molecule has 0 radical (unpaired) electrons. The molecule has 2 fully saturated rings. The second kappa shape index (κ2) is 6.49. The molecule has 2 aliphatic heterocycles. The van der Waals surface area contributed by atoms with E-state index in [0.29, 0.717) is 0 Å². The lowest BCUT2D eigenvalue weighted by Crippen LogP contribution is -2.68. The molecule has 23 heavy (non-hydrogen) atoms. The Kier molecular flexibility index (Phi) is 5.66. The summed E-state index contributed by atoms with van der Waals surface area (Å²) < 4.78 is 9.45. The number of thioether (sulfide) groups is 1. The number of amides is 1. The third kappa shape index (κ3) is 3.59. The van der Waals surface area contributed by atoms with Gasteiger partial charge in [-0.1, -0.05) is 0 Å². The maximum Gasteiger partial charge on any atom is 0.333 e. The van der Waals surface area contributed by atoms with E-state index in [1.807, 2.05) is 13.8 Å². The van der Waals surface area contributed by atoms with E-state index in [1.54, 1.807) is 20.8 Å². The topological polar surface area (TPSA) is 98.9 Å². The molecule has 1 unspecified atom stereocenters. The molecule has 0 aromatic carbocycles. The number of ether oxygens (including phenoxy) is 2. The number of β-lactam (4-membered cyclic amide) rings is 1. The van der Waals surface area contributed by atoms with Gasteiger partial charge < -0.3 is 20.1 Å². The van der Waals surface area contributed by atoms with E-state index in [4.69, 9.17) is 15.2 Å². The normalized spacial score (nSPS) is 28.3. The van der Waals surface area contributed by atoms with Crippen molar-refractivity contribution in [1.29, 1.82) is 0 Å². The molecule has 0 aliphatic carbocycles. The number of nitrogens with zero attached hydrogens (tertiary/aromatic N) is 1. The van der Waals surface area contributed by atoms with Crippen molar-refractivity contribution in [2.45, 2.75) is 56.8 Å². The lowest BCUT2D eigenvalue weighted by Gasteiger charge is -2.41. The van der Waals surface area contributed by atoms with Gasteiger partial charge in [-0.05, 0) is 34.6 Å². The molecule has 3 atom stereocenters. The Bertz CT molecular complexity index is 520. The maximum atomic E-state index is 12.3. The monoisotopic (exact) mass is 366 g/mol. The molecule has 2 heterocycles. The highest BCUT2D eigenvalue weighted by Gasteiger charge is 2.63. The lowest BCUT2D eigenvalue weighted by molar-refractivity contribution is -0.179. The number of fused-ring (bicyclic) bond motifs is 1. The van der Waals surface area contributed by atoms with Crippen molar-refractivity contribution in [2.24, 2.45) is 11.1 Å². The third-order valence-electron chi connectivity index (χ3n) is 3.71. The first kappa shape index (κ1) is 20.1. The van der Waals surface area contributed by atoms with Gasteiger partial charge in [-0.3, -0.25) is 9.59 Å². The molecule has 0 aromatic rings. The van der Waals surface area contributed by atoms with Crippen LogP contribution in [0.3, 0.4) is 0 Å². The SMILES string of the molecule is CC(C)(C)C(=O)OCOC(=O)[C@@H]1N2C(=O)C(N)[C@H]2SC1(C)C.Cl. The summed E-state index contributed by atoms with van der Waals surface area (Å²) in [6, 6.07) is -1.29. The summed E-state index contributed by atoms with van der Waals surface area (Å²) in [6.07, 6.45) is 0. The second-order valence-electron chi connectivity index (χ2n) is 7.05. The van der Waals surface area contributed by atoms with E-state index in [-0.39, 0.29) is 23.7 Å². The Hall–Kier alpha value is -0.990. The van der Waals surface area contributed by atoms with Gasteiger partial charge in [-0.25, -0.2) is 4.79 Å². The zero-order chi connectivity index (χ0) is 16.9. The predicted octanol–water partition coefficient (Wildman–Crippen LogP) is 0.888. The van der Waals surface area contributed by atoms with E-state index in [2.05, 4.69) is 0 Å². The van der Waals surface area contributed by atoms with E-state index in [1.165, 1.54) is 16.7 Å².